The topological polar surface area (TPSA) is 202 Å². The first-order valence-electron chi connectivity index (χ1n) is 16.7. The molecule has 3 aliphatic rings. The number of amides is 2. The molecule has 4 N–H and O–H groups in total. The summed E-state index contributed by atoms with van der Waals surface area (Å²) in [6, 6.07) is -1.20. The van der Waals surface area contributed by atoms with Crippen LogP contribution in [-0.2, 0) is 42.8 Å². The second-order valence-corrected chi connectivity index (χ2v) is 14.4. The fraction of sp³-hybridized carbons (Fsp3) is 0.848. The molecule has 0 aliphatic carbocycles. The monoisotopic (exact) mass is 685 g/mol. The molecule has 15 nitrogen and oxygen atoms in total. The summed E-state index contributed by atoms with van der Waals surface area (Å²) in [6.45, 7) is 14.4. The summed E-state index contributed by atoms with van der Waals surface area (Å²) in [5, 5.41) is 14.5. The van der Waals surface area contributed by atoms with Crippen LogP contribution in [-0.4, -0.2) is 114 Å². The number of esters is 2. The van der Waals surface area contributed by atoms with E-state index >= 15 is 0 Å². The highest BCUT2D eigenvalue weighted by atomic mass is 16.7. The normalized spacial score (nSPS) is 42.9. The highest BCUT2D eigenvalue weighted by molar-refractivity contribution is 5.85. The number of carbonyl (C=O) groups is 5. The van der Waals surface area contributed by atoms with Crippen LogP contribution in [0.4, 0.5) is 9.59 Å². The summed E-state index contributed by atoms with van der Waals surface area (Å²) in [7, 11) is 3.66. The van der Waals surface area contributed by atoms with Crippen molar-refractivity contribution in [1.29, 1.82) is 0 Å². The molecule has 3 rings (SSSR count). The van der Waals surface area contributed by atoms with Gasteiger partial charge in [0.25, 0.3) is 0 Å². The number of Topliss-reactive ketones (excluding diaryl/α,β-unsaturated/α-hetero) is 1. The average molecular weight is 686 g/mol. The number of nitrogens with two attached hydrogens (primary N) is 1. The Labute approximate surface area is 282 Å². The maximum Gasteiger partial charge on any atom is 0.408 e. The number of aliphatic hydroxyl groups is 1. The van der Waals surface area contributed by atoms with E-state index in [9.17, 15) is 29.1 Å². The molecule has 15 heteroatoms. The van der Waals surface area contributed by atoms with Gasteiger partial charge in [-0.1, -0.05) is 27.7 Å². The van der Waals surface area contributed by atoms with Gasteiger partial charge in [0.15, 0.2) is 18.0 Å². The van der Waals surface area contributed by atoms with E-state index in [2.05, 4.69) is 5.32 Å². The Morgan fingerprint density at radius 1 is 1.08 bits per heavy atom. The third-order valence-electron chi connectivity index (χ3n) is 10.3. The van der Waals surface area contributed by atoms with Crippen LogP contribution in [0.2, 0.25) is 0 Å². The number of fused-ring (bicyclic) bond motifs is 1. The molecule has 3 saturated heterocycles. The fourth-order valence-corrected chi connectivity index (χ4v) is 7.77. The van der Waals surface area contributed by atoms with Crippen molar-refractivity contribution in [2.24, 2.45) is 29.4 Å². The summed E-state index contributed by atoms with van der Waals surface area (Å²) < 4.78 is 35.9. The number of cyclic esters (lactones) is 1. The zero-order valence-electron chi connectivity index (χ0n) is 30.0. The molecule has 3 aliphatic heterocycles. The summed E-state index contributed by atoms with van der Waals surface area (Å²) >= 11 is 0. The predicted octanol–water partition coefficient (Wildman–Crippen LogP) is 2.29. The molecule has 0 radical (unpaired) electrons. The minimum absolute atomic E-state index is 0.132. The van der Waals surface area contributed by atoms with E-state index in [0.29, 0.717) is 6.42 Å². The van der Waals surface area contributed by atoms with Crippen molar-refractivity contribution in [3.8, 4) is 0 Å². The third kappa shape index (κ3) is 8.23. The van der Waals surface area contributed by atoms with E-state index in [4.69, 9.17) is 34.2 Å². The molecule has 0 unspecified atom stereocenters. The van der Waals surface area contributed by atoms with Crippen LogP contribution in [0, 0.1) is 23.7 Å². The highest BCUT2D eigenvalue weighted by Crippen LogP contribution is 2.41. The molecule has 0 aromatic carbocycles. The maximum atomic E-state index is 14.1. The van der Waals surface area contributed by atoms with Gasteiger partial charge in [-0.3, -0.25) is 14.4 Å². The fourth-order valence-electron chi connectivity index (χ4n) is 7.77. The lowest BCUT2D eigenvalue weighted by atomic mass is 9.73. The van der Waals surface area contributed by atoms with Crippen molar-refractivity contribution < 1.29 is 57.5 Å². The first kappa shape index (κ1) is 39.4. The molecule has 3 heterocycles. The Morgan fingerprint density at radius 2 is 1.71 bits per heavy atom. The molecule has 3 fully saturated rings. The minimum atomic E-state index is -1.70. The summed E-state index contributed by atoms with van der Waals surface area (Å²) in [5.74, 6) is -5.42. The van der Waals surface area contributed by atoms with Crippen molar-refractivity contribution in [2.45, 2.75) is 142 Å². The number of hydrogen-bond donors (Lipinski definition) is 3. The second-order valence-electron chi connectivity index (χ2n) is 14.4. The first-order chi connectivity index (χ1) is 22.2. The molecule has 274 valence electrons. The average Bonchev–Trinajstić information content (AvgIpc) is 3.30. The summed E-state index contributed by atoms with van der Waals surface area (Å²) in [4.78, 5) is 67.0. The number of nitrogens with one attached hydrogen (secondary N) is 1. The second kappa shape index (κ2) is 15.3. The van der Waals surface area contributed by atoms with Gasteiger partial charge < -0.3 is 49.5 Å². The highest BCUT2D eigenvalue weighted by Gasteiger charge is 2.57. The molecule has 0 aromatic rings. The van der Waals surface area contributed by atoms with Gasteiger partial charge in [0.1, 0.15) is 23.6 Å². The third-order valence-corrected chi connectivity index (χ3v) is 10.3. The molecule has 14 atom stereocenters. The van der Waals surface area contributed by atoms with E-state index in [0.717, 1.165) is 0 Å². The Kier molecular flexibility index (Phi) is 12.5. The number of alkyl carbamates (subject to hydrolysis) is 1. The van der Waals surface area contributed by atoms with Crippen molar-refractivity contribution in [1.82, 2.24) is 10.2 Å². The molecular formula is C33H55N3O12. The number of nitrogens with zero attached hydrogens (tertiary/aromatic N) is 1. The number of hydrogen-bond acceptors (Lipinski definition) is 13. The van der Waals surface area contributed by atoms with Crippen molar-refractivity contribution in [3.63, 3.8) is 0 Å². The van der Waals surface area contributed by atoms with Crippen LogP contribution in [0.5, 0.6) is 0 Å². The smallest absolute Gasteiger partial charge is 0.408 e. The number of likely N-dealkylation sites (N-methyl/N-ethyl adjacent to an activating group) is 1. The van der Waals surface area contributed by atoms with Gasteiger partial charge in [0, 0.05) is 24.7 Å². The van der Waals surface area contributed by atoms with Crippen LogP contribution >= 0.6 is 0 Å². The lowest BCUT2D eigenvalue weighted by Crippen LogP contribution is -2.61. The Balaban J connectivity index is 2.19. The van der Waals surface area contributed by atoms with Crippen LogP contribution in [0.15, 0.2) is 0 Å². The van der Waals surface area contributed by atoms with Crippen LogP contribution in [0.3, 0.4) is 0 Å². The van der Waals surface area contributed by atoms with Gasteiger partial charge in [-0.05, 0) is 61.1 Å². The van der Waals surface area contributed by atoms with Crippen LogP contribution in [0.1, 0.15) is 81.6 Å². The van der Waals surface area contributed by atoms with Gasteiger partial charge >= 0.3 is 24.1 Å². The standard InChI is InChI=1S/C33H55N3O12/c1-12-22-33(9)26(35-31(42)48-33)17(4)23(38)15(2)14-32(8,47-30(34)41)27(18(5)24(39)19(6)28(40)45-22)46-29-25(44-20(7)37)21(36(10)11)13-16(3)43-29/h15-19,21-22,24-27,29,39H,12-14H2,1-11H3,(H2,34,41)(H,35,42)/t15-,16-,17+,18+,19-,21+,22-,24+,25-,26-,27-,29+,32-,33-/m1/s1. The van der Waals surface area contributed by atoms with E-state index in [1.165, 1.54) is 20.8 Å². The summed E-state index contributed by atoms with van der Waals surface area (Å²) in [6.07, 6.45) is -7.45. The molecule has 2 amide bonds. The van der Waals surface area contributed by atoms with E-state index in [1.54, 1.807) is 34.6 Å². The van der Waals surface area contributed by atoms with Crippen molar-refractivity contribution in [3.05, 3.63) is 0 Å². The largest absolute Gasteiger partial charge is 0.458 e. The van der Waals surface area contributed by atoms with Crippen molar-refractivity contribution >= 4 is 29.9 Å². The zero-order chi connectivity index (χ0) is 36.5. The SMILES string of the molecule is CC[C@H]1OC(=O)[C@H](C)[C@@H](O)[C@H](C)[C@@H](O[C@@H]2O[C@H](C)C[C@H](N(C)C)[C@H]2OC(C)=O)[C@](C)(OC(N)=O)C[C@@H](C)C(=O)[C@H](C)[C@H]2NC(=O)O[C@@]21C. The number of primary amides is 1. The lowest BCUT2D eigenvalue weighted by molar-refractivity contribution is -0.300. The molecule has 0 spiro atoms. The quantitative estimate of drug-likeness (QED) is 0.272. The van der Waals surface area contributed by atoms with Gasteiger partial charge in [-0.15, -0.1) is 0 Å². The number of ether oxygens (including phenoxy) is 6. The van der Waals surface area contributed by atoms with Crippen molar-refractivity contribution in [2.75, 3.05) is 14.1 Å². The Bertz CT molecular complexity index is 1220. The van der Waals surface area contributed by atoms with E-state index in [-0.39, 0.29) is 30.8 Å². The van der Waals surface area contributed by atoms with Gasteiger partial charge in [0.2, 0.25) is 0 Å². The zero-order valence-corrected chi connectivity index (χ0v) is 30.0. The minimum Gasteiger partial charge on any atom is -0.458 e. The number of aliphatic hydroxyl groups excluding tert-OH is 1. The summed E-state index contributed by atoms with van der Waals surface area (Å²) in [5.41, 5.74) is 2.50. The Hall–Kier alpha value is -3.01. The van der Waals surface area contributed by atoms with Crippen LogP contribution in [0.25, 0.3) is 0 Å². The predicted molar refractivity (Wildman–Crippen MR) is 170 cm³/mol. The van der Waals surface area contributed by atoms with Gasteiger partial charge in [-0.2, -0.15) is 0 Å². The molecule has 0 bridgehead atoms. The molecular weight excluding hydrogens is 630 g/mol. The number of carbonyl (C=O) groups excluding carboxylic acids is 5. The van der Waals surface area contributed by atoms with Gasteiger partial charge in [0.05, 0.1) is 30.2 Å². The molecule has 0 saturated carbocycles. The first-order valence-corrected chi connectivity index (χ1v) is 16.7. The number of rotatable bonds is 6. The Morgan fingerprint density at radius 3 is 2.25 bits per heavy atom. The van der Waals surface area contributed by atoms with Gasteiger partial charge in [-0.25, -0.2) is 9.59 Å². The van der Waals surface area contributed by atoms with Crippen LogP contribution < -0.4 is 11.1 Å². The van der Waals surface area contributed by atoms with E-state index < -0.39 is 95.7 Å². The number of ketones is 1. The van der Waals surface area contributed by atoms with E-state index in [1.807, 2.05) is 25.9 Å². The molecule has 48 heavy (non-hydrogen) atoms. The lowest BCUT2D eigenvalue weighted by Gasteiger charge is -2.48. The maximum absolute atomic E-state index is 14.1. The molecule has 0 aromatic heterocycles.